The maximum absolute atomic E-state index is 12.6. The van der Waals surface area contributed by atoms with E-state index in [1.165, 1.54) is 6.07 Å². The van der Waals surface area contributed by atoms with Gasteiger partial charge in [0.15, 0.2) is 0 Å². The number of halogens is 4. The van der Waals surface area contributed by atoms with Gasteiger partial charge in [-0.3, -0.25) is 4.79 Å². The minimum absolute atomic E-state index is 0.107. The van der Waals surface area contributed by atoms with Crippen molar-refractivity contribution in [3.05, 3.63) is 58.3 Å². The summed E-state index contributed by atoms with van der Waals surface area (Å²) in [6.07, 6.45) is -4.83. The molecule has 0 saturated carbocycles. The zero-order chi connectivity index (χ0) is 22.1. The molecule has 0 radical (unpaired) electrons. The second-order valence-corrected chi connectivity index (χ2v) is 9.98. The molecule has 3 aromatic rings. The third-order valence-corrected chi connectivity index (χ3v) is 7.38. The molecule has 0 amide bonds. The molecule has 1 aromatic carbocycles. The second-order valence-electron chi connectivity index (χ2n) is 6.04. The van der Waals surface area contributed by atoms with Gasteiger partial charge < -0.3 is 9.63 Å². The molecule has 0 spiro atoms. The lowest BCUT2D eigenvalue weighted by atomic mass is 10.1. The maximum Gasteiger partial charge on any atom is 0.452 e. The fourth-order valence-electron chi connectivity index (χ4n) is 2.45. The van der Waals surface area contributed by atoms with Crippen molar-refractivity contribution < 1.29 is 36.0 Å². The van der Waals surface area contributed by atoms with E-state index in [1.54, 1.807) is 24.3 Å². The van der Waals surface area contributed by atoms with E-state index in [9.17, 15) is 31.5 Å². The van der Waals surface area contributed by atoms with Crippen LogP contribution in [-0.2, 0) is 27.4 Å². The molecule has 0 fully saturated rings. The molecular weight excluding hydrogens is 513 g/mol. The first-order valence-electron chi connectivity index (χ1n) is 8.09. The fraction of sp³-hybridized carbons (Fsp3) is 0.176. The van der Waals surface area contributed by atoms with Crippen molar-refractivity contribution in [2.24, 2.45) is 0 Å². The number of hydrogen-bond acceptors (Lipinski definition) is 6. The number of thiophene rings is 1. The van der Waals surface area contributed by atoms with E-state index in [2.05, 4.69) is 30.3 Å². The van der Waals surface area contributed by atoms with Crippen LogP contribution in [0.5, 0.6) is 0 Å². The summed E-state index contributed by atoms with van der Waals surface area (Å²) >= 11 is 3.90. The highest BCUT2D eigenvalue weighted by molar-refractivity contribution is 9.10. The molecule has 160 valence electrons. The standard InChI is InChI=1S/C17H12BrF3N2O5S2/c18-10-3-1-2-9(6-10)7-12(16(24)25)23-30(26,27)15-5-4-13(29-15)11-8-14(28-22-11)17(19,20)21/h1-6,8,12,23H,7H2,(H,24,25). The molecule has 13 heteroatoms. The third kappa shape index (κ3) is 5.28. The van der Waals surface area contributed by atoms with E-state index >= 15 is 0 Å². The van der Waals surface area contributed by atoms with E-state index in [0.717, 1.165) is 6.07 Å². The van der Waals surface area contributed by atoms with Gasteiger partial charge in [-0.1, -0.05) is 33.2 Å². The topological polar surface area (TPSA) is 110 Å². The summed E-state index contributed by atoms with van der Waals surface area (Å²) in [6.45, 7) is 0. The van der Waals surface area contributed by atoms with Gasteiger partial charge in [-0.2, -0.15) is 17.9 Å². The number of nitrogens with one attached hydrogen (secondary N) is 1. The zero-order valence-electron chi connectivity index (χ0n) is 14.7. The molecule has 3 rings (SSSR count). The fourth-order valence-corrected chi connectivity index (χ4v) is 5.36. The van der Waals surface area contributed by atoms with Crippen LogP contribution in [0.4, 0.5) is 13.2 Å². The molecule has 2 aromatic heterocycles. The summed E-state index contributed by atoms with van der Waals surface area (Å²) in [7, 11) is -4.25. The SMILES string of the molecule is O=C(O)C(Cc1cccc(Br)c1)NS(=O)(=O)c1ccc(-c2cc(C(F)(F)F)on2)s1. The first-order chi connectivity index (χ1) is 14.0. The quantitative estimate of drug-likeness (QED) is 0.480. The summed E-state index contributed by atoms with van der Waals surface area (Å²) < 4.78 is 69.9. The van der Waals surface area contributed by atoms with Crippen molar-refractivity contribution in [3.63, 3.8) is 0 Å². The van der Waals surface area contributed by atoms with Crippen LogP contribution in [0.1, 0.15) is 11.3 Å². The van der Waals surface area contributed by atoms with E-state index in [1.807, 2.05) is 0 Å². The molecule has 1 unspecified atom stereocenters. The Balaban J connectivity index is 1.81. The number of hydrogen-bond donors (Lipinski definition) is 2. The number of rotatable bonds is 7. The Morgan fingerprint density at radius 1 is 1.27 bits per heavy atom. The van der Waals surface area contributed by atoms with Gasteiger partial charge in [-0.15, -0.1) is 11.3 Å². The number of carbonyl (C=O) groups is 1. The van der Waals surface area contributed by atoms with Crippen molar-refractivity contribution >= 4 is 43.3 Å². The van der Waals surface area contributed by atoms with Crippen LogP contribution in [0.3, 0.4) is 0 Å². The zero-order valence-corrected chi connectivity index (χ0v) is 17.9. The average molecular weight is 525 g/mol. The van der Waals surface area contributed by atoms with Gasteiger partial charge in [0, 0.05) is 10.5 Å². The highest BCUT2D eigenvalue weighted by Gasteiger charge is 2.36. The summed E-state index contributed by atoms with van der Waals surface area (Å²) in [5, 5.41) is 12.7. The Morgan fingerprint density at radius 3 is 2.60 bits per heavy atom. The van der Waals surface area contributed by atoms with Gasteiger partial charge in [0.1, 0.15) is 15.9 Å². The number of carboxylic acids is 1. The highest BCUT2D eigenvalue weighted by atomic mass is 79.9. The summed E-state index contributed by atoms with van der Waals surface area (Å²) in [6, 6.07) is 8.37. The number of aromatic nitrogens is 1. The lowest BCUT2D eigenvalue weighted by Crippen LogP contribution is -2.42. The molecule has 7 nitrogen and oxygen atoms in total. The second kappa shape index (κ2) is 8.49. The van der Waals surface area contributed by atoms with Gasteiger partial charge in [0.25, 0.3) is 10.0 Å². The lowest BCUT2D eigenvalue weighted by Gasteiger charge is -2.14. The molecule has 0 bridgehead atoms. The summed E-state index contributed by atoms with van der Waals surface area (Å²) in [5.74, 6) is -2.69. The number of alkyl halides is 3. The smallest absolute Gasteiger partial charge is 0.452 e. The lowest BCUT2D eigenvalue weighted by molar-refractivity contribution is -0.155. The molecule has 0 saturated heterocycles. The molecule has 1 atom stereocenters. The van der Waals surface area contributed by atoms with Crippen LogP contribution >= 0.6 is 27.3 Å². The summed E-state index contributed by atoms with van der Waals surface area (Å²) in [4.78, 5) is 11.7. The number of sulfonamides is 1. The van der Waals surface area contributed by atoms with Crippen molar-refractivity contribution in [1.82, 2.24) is 9.88 Å². The number of aliphatic carboxylic acids is 1. The van der Waals surface area contributed by atoms with E-state index < -0.39 is 34.0 Å². The average Bonchev–Trinajstić information content (AvgIpc) is 3.30. The van der Waals surface area contributed by atoms with Gasteiger partial charge in [-0.05, 0) is 36.2 Å². The van der Waals surface area contributed by atoms with Crippen molar-refractivity contribution in [2.75, 3.05) is 0 Å². The Morgan fingerprint density at radius 2 is 2.00 bits per heavy atom. The minimum atomic E-state index is -4.72. The monoisotopic (exact) mass is 524 g/mol. The van der Waals surface area contributed by atoms with Crippen LogP contribution in [0.15, 0.2) is 55.7 Å². The number of nitrogens with zero attached hydrogens (tertiary/aromatic N) is 1. The largest absolute Gasteiger partial charge is 0.480 e. The Kier molecular flexibility index (Phi) is 6.36. The van der Waals surface area contributed by atoms with Crippen molar-refractivity contribution in [1.29, 1.82) is 0 Å². The van der Waals surface area contributed by atoms with Crippen LogP contribution < -0.4 is 4.72 Å². The molecule has 0 aliphatic rings. The van der Waals surface area contributed by atoms with E-state index in [4.69, 9.17) is 0 Å². The normalized spacial score (nSPS) is 13.3. The van der Waals surface area contributed by atoms with Crippen molar-refractivity contribution in [2.45, 2.75) is 22.8 Å². The molecule has 2 N–H and O–H groups in total. The van der Waals surface area contributed by atoms with Crippen LogP contribution in [0, 0.1) is 0 Å². The van der Waals surface area contributed by atoms with Crippen molar-refractivity contribution in [3.8, 4) is 10.6 Å². The van der Waals surface area contributed by atoms with Gasteiger partial charge >= 0.3 is 12.1 Å². The Bertz CT molecular complexity index is 1170. The first-order valence-corrected chi connectivity index (χ1v) is 11.2. The van der Waals surface area contributed by atoms with Crippen LogP contribution in [0.2, 0.25) is 0 Å². The van der Waals surface area contributed by atoms with E-state index in [0.29, 0.717) is 27.4 Å². The predicted molar refractivity (Wildman–Crippen MR) is 104 cm³/mol. The van der Waals surface area contributed by atoms with Gasteiger partial charge in [-0.25, -0.2) is 8.42 Å². The minimum Gasteiger partial charge on any atom is -0.480 e. The highest BCUT2D eigenvalue weighted by Crippen LogP contribution is 2.35. The van der Waals surface area contributed by atoms with Crippen LogP contribution in [0.25, 0.3) is 10.6 Å². The molecule has 0 aliphatic heterocycles. The molecular formula is C17H12BrF3N2O5S2. The number of benzene rings is 1. The Hall–Kier alpha value is -2.22. The van der Waals surface area contributed by atoms with Gasteiger partial charge in [0.2, 0.25) is 5.76 Å². The number of carboxylic acid groups (broad SMARTS) is 1. The summed E-state index contributed by atoms with van der Waals surface area (Å²) in [5.41, 5.74) is 0.409. The molecule has 2 heterocycles. The molecule has 0 aliphatic carbocycles. The third-order valence-electron chi connectivity index (χ3n) is 3.81. The predicted octanol–water partition coefficient (Wildman–Crippen LogP) is 4.16. The maximum atomic E-state index is 12.6. The van der Waals surface area contributed by atoms with Gasteiger partial charge in [0.05, 0.1) is 4.88 Å². The molecule has 30 heavy (non-hydrogen) atoms. The van der Waals surface area contributed by atoms with E-state index in [-0.39, 0.29) is 21.2 Å². The Labute approximate surface area is 180 Å². The van der Waals surface area contributed by atoms with Crippen LogP contribution in [-0.4, -0.2) is 30.7 Å². The first kappa shape index (κ1) is 22.5.